The van der Waals surface area contributed by atoms with Gasteiger partial charge in [-0.15, -0.1) is 0 Å². The van der Waals surface area contributed by atoms with Crippen molar-refractivity contribution in [3.63, 3.8) is 0 Å². The number of carbonyl (C=O) groups is 1. The maximum absolute atomic E-state index is 13.7. The molecule has 0 aliphatic carbocycles. The topological polar surface area (TPSA) is 57.0 Å². The first kappa shape index (κ1) is 22.6. The smallest absolute Gasteiger partial charge is 0.245 e. The highest BCUT2D eigenvalue weighted by atomic mass is 32.2. The Kier molecular flexibility index (Phi) is 7.86. The zero-order valence-electron chi connectivity index (χ0n) is 18.2. The van der Waals surface area contributed by atoms with Crippen LogP contribution in [0, 0.1) is 17.2 Å². The van der Waals surface area contributed by atoms with Crippen LogP contribution in [0.5, 0.6) is 0 Å². The summed E-state index contributed by atoms with van der Waals surface area (Å²) >= 11 is 1.38. The fraction of sp³-hybridized carbons (Fsp3) is 0.269. The summed E-state index contributed by atoms with van der Waals surface area (Å²) in [7, 11) is 0. The molecule has 4 nitrogen and oxygen atoms in total. The van der Waals surface area contributed by atoms with Gasteiger partial charge >= 0.3 is 0 Å². The predicted octanol–water partition coefficient (Wildman–Crippen LogP) is 6.39. The van der Waals surface area contributed by atoms with Crippen molar-refractivity contribution in [1.29, 1.82) is 5.26 Å². The summed E-state index contributed by atoms with van der Waals surface area (Å²) in [6.07, 6.45) is 1.46. The Morgan fingerprint density at radius 2 is 1.58 bits per heavy atom. The maximum Gasteiger partial charge on any atom is 0.245 e. The minimum absolute atomic E-state index is 0.0233. The zero-order chi connectivity index (χ0) is 22.2. The average molecular weight is 430 g/mol. The van der Waals surface area contributed by atoms with Crippen molar-refractivity contribution in [2.45, 2.75) is 43.9 Å². The van der Waals surface area contributed by atoms with Crippen molar-refractivity contribution in [2.24, 2.45) is 5.92 Å². The number of anilines is 2. The van der Waals surface area contributed by atoms with Crippen LogP contribution in [-0.2, 0) is 11.2 Å². The summed E-state index contributed by atoms with van der Waals surface area (Å²) in [6.45, 7) is 6.28. The molecule has 31 heavy (non-hydrogen) atoms. The first-order chi connectivity index (χ1) is 15.0. The molecule has 1 aromatic heterocycles. The molecule has 0 saturated heterocycles. The van der Waals surface area contributed by atoms with Crippen LogP contribution >= 0.6 is 11.8 Å². The molecule has 158 valence electrons. The van der Waals surface area contributed by atoms with Gasteiger partial charge in [-0.2, -0.15) is 5.26 Å². The fourth-order valence-electron chi connectivity index (χ4n) is 3.33. The quantitative estimate of drug-likeness (QED) is 0.389. The second-order valence-corrected chi connectivity index (χ2v) is 8.92. The van der Waals surface area contributed by atoms with Crippen LogP contribution in [-0.4, -0.2) is 16.1 Å². The second-order valence-electron chi connectivity index (χ2n) is 7.72. The van der Waals surface area contributed by atoms with Crippen molar-refractivity contribution >= 4 is 29.0 Å². The molecule has 5 heteroatoms. The molecule has 3 rings (SSSR count). The molecule has 2 aromatic carbocycles. The van der Waals surface area contributed by atoms with E-state index < -0.39 is 0 Å². The molecule has 0 radical (unpaired) electrons. The molecule has 0 fully saturated rings. The number of hydrogen-bond acceptors (Lipinski definition) is 4. The van der Waals surface area contributed by atoms with Gasteiger partial charge < -0.3 is 0 Å². The highest BCUT2D eigenvalue weighted by Crippen LogP contribution is 2.33. The summed E-state index contributed by atoms with van der Waals surface area (Å²) in [5.74, 6) is 0.443. The lowest BCUT2D eigenvalue weighted by Gasteiger charge is -2.27. The van der Waals surface area contributed by atoms with Crippen molar-refractivity contribution in [3.8, 4) is 6.07 Å². The Balaban J connectivity index is 1.95. The van der Waals surface area contributed by atoms with Crippen LogP contribution in [0.3, 0.4) is 0 Å². The van der Waals surface area contributed by atoms with Crippen molar-refractivity contribution in [2.75, 3.05) is 4.90 Å². The van der Waals surface area contributed by atoms with Gasteiger partial charge in [0, 0.05) is 17.1 Å². The molecule has 1 amide bonds. The lowest BCUT2D eigenvalue weighted by atomic mass is 10.1. The summed E-state index contributed by atoms with van der Waals surface area (Å²) in [4.78, 5) is 20.2. The number of pyridine rings is 1. The van der Waals surface area contributed by atoms with Crippen LogP contribution in [0.25, 0.3) is 0 Å². The van der Waals surface area contributed by atoms with Gasteiger partial charge in [0.2, 0.25) is 5.91 Å². The molecular formula is C26H27N3OS. The molecule has 0 saturated carbocycles. The van der Waals surface area contributed by atoms with Gasteiger partial charge in [0.05, 0.1) is 10.8 Å². The third-order valence-electron chi connectivity index (χ3n) is 4.81. The first-order valence-electron chi connectivity index (χ1n) is 10.5. The highest BCUT2D eigenvalue weighted by Gasteiger charge is 2.28. The Hall–Kier alpha value is -3.10. The number of amides is 1. The molecule has 1 heterocycles. The van der Waals surface area contributed by atoms with Gasteiger partial charge in [-0.25, -0.2) is 4.98 Å². The summed E-state index contributed by atoms with van der Waals surface area (Å²) < 4.78 is 0. The monoisotopic (exact) mass is 429 g/mol. The van der Waals surface area contributed by atoms with E-state index in [1.54, 1.807) is 4.90 Å². The lowest BCUT2D eigenvalue weighted by Crippen LogP contribution is -2.34. The first-order valence-corrected chi connectivity index (χ1v) is 11.4. The van der Waals surface area contributed by atoms with Crippen molar-refractivity contribution < 1.29 is 4.79 Å². The van der Waals surface area contributed by atoms with Crippen molar-refractivity contribution in [1.82, 2.24) is 4.98 Å². The Bertz CT molecular complexity index is 1010. The standard InChI is InChI=1S/C26H27N3OS/c1-4-24(31-25-20(18-27)15-16-21(28-25)17-19(2)3)26(30)29(22-11-7-5-8-12-22)23-13-9-6-10-14-23/h5-16,19,24H,4,17H2,1-3H3. The molecule has 0 N–H and O–H groups in total. The van der Waals surface area contributed by atoms with Gasteiger partial charge in [-0.3, -0.25) is 9.69 Å². The number of hydrogen-bond donors (Lipinski definition) is 0. The number of benzene rings is 2. The van der Waals surface area contributed by atoms with Gasteiger partial charge in [-0.05, 0) is 55.2 Å². The number of nitrogens with zero attached hydrogens (tertiary/aromatic N) is 3. The maximum atomic E-state index is 13.7. The molecule has 0 spiro atoms. The number of carbonyl (C=O) groups excluding carboxylic acids is 1. The zero-order valence-corrected chi connectivity index (χ0v) is 19.0. The van der Waals surface area contributed by atoms with Crippen LogP contribution in [0.1, 0.15) is 38.4 Å². The minimum atomic E-state index is -0.366. The van der Waals surface area contributed by atoms with Gasteiger partial charge in [-0.1, -0.05) is 68.9 Å². The van der Waals surface area contributed by atoms with E-state index in [1.807, 2.05) is 79.7 Å². The average Bonchev–Trinajstić information content (AvgIpc) is 2.78. The van der Waals surface area contributed by atoms with Crippen LogP contribution in [0.15, 0.2) is 77.8 Å². The molecule has 0 aliphatic rings. The summed E-state index contributed by atoms with van der Waals surface area (Å²) in [6, 6.07) is 25.3. The van der Waals surface area contributed by atoms with Crippen molar-refractivity contribution in [3.05, 3.63) is 84.1 Å². The summed E-state index contributed by atoms with van der Waals surface area (Å²) in [5.41, 5.74) is 3.09. The van der Waals surface area contributed by atoms with E-state index in [-0.39, 0.29) is 11.2 Å². The van der Waals surface area contributed by atoms with E-state index in [9.17, 15) is 10.1 Å². The number of thioether (sulfide) groups is 1. The van der Waals surface area contributed by atoms with Gasteiger partial charge in [0.25, 0.3) is 0 Å². The number of nitriles is 1. The molecule has 3 aromatic rings. The highest BCUT2D eigenvalue weighted by molar-refractivity contribution is 8.00. The van der Waals surface area contributed by atoms with E-state index in [0.29, 0.717) is 22.9 Å². The van der Waals surface area contributed by atoms with Gasteiger partial charge in [0.1, 0.15) is 11.1 Å². The second kappa shape index (κ2) is 10.8. The van der Waals surface area contributed by atoms with E-state index in [4.69, 9.17) is 4.98 Å². The number of aromatic nitrogens is 1. The van der Waals surface area contributed by atoms with Crippen LogP contribution < -0.4 is 4.90 Å². The van der Waals surface area contributed by atoms with E-state index in [0.717, 1.165) is 23.5 Å². The Morgan fingerprint density at radius 3 is 2.06 bits per heavy atom. The molecular weight excluding hydrogens is 402 g/mol. The van der Waals surface area contributed by atoms with E-state index >= 15 is 0 Å². The lowest BCUT2D eigenvalue weighted by molar-refractivity contribution is -0.117. The molecule has 0 bridgehead atoms. The van der Waals surface area contributed by atoms with E-state index in [1.165, 1.54) is 11.8 Å². The summed E-state index contributed by atoms with van der Waals surface area (Å²) in [5, 5.41) is 9.84. The number of rotatable bonds is 8. The normalized spacial score (nSPS) is 11.7. The Morgan fingerprint density at radius 1 is 1.00 bits per heavy atom. The largest absolute Gasteiger partial charge is 0.280 e. The molecule has 0 aliphatic heterocycles. The SMILES string of the molecule is CCC(Sc1nc(CC(C)C)ccc1C#N)C(=O)N(c1ccccc1)c1ccccc1. The van der Waals surface area contributed by atoms with Crippen LogP contribution in [0.4, 0.5) is 11.4 Å². The van der Waals surface area contributed by atoms with E-state index in [2.05, 4.69) is 19.9 Å². The minimum Gasteiger partial charge on any atom is -0.280 e. The third-order valence-corrected chi connectivity index (χ3v) is 6.16. The molecule has 1 atom stereocenters. The predicted molar refractivity (Wildman–Crippen MR) is 127 cm³/mol. The number of para-hydroxylation sites is 2. The van der Waals surface area contributed by atoms with Crippen LogP contribution in [0.2, 0.25) is 0 Å². The van der Waals surface area contributed by atoms with Gasteiger partial charge in [0.15, 0.2) is 0 Å². The Labute approximate surface area is 188 Å². The third kappa shape index (κ3) is 5.74. The molecule has 1 unspecified atom stereocenters. The fourth-order valence-corrected chi connectivity index (χ4v) is 4.38.